The van der Waals surface area contributed by atoms with E-state index in [1.165, 1.54) is 11.3 Å². The third kappa shape index (κ3) is 4.94. The highest BCUT2D eigenvalue weighted by atomic mass is 16.5. The lowest BCUT2D eigenvalue weighted by Gasteiger charge is -2.36. The molecule has 8 nitrogen and oxygen atoms in total. The van der Waals surface area contributed by atoms with Crippen LogP contribution in [0.3, 0.4) is 0 Å². The summed E-state index contributed by atoms with van der Waals surface area (Å²) in [5.74, 6) is 0.0519. The van der Waals surface area contributed by atoms with Gasteiger partial charge >= 0.3 is 0 Å². The summed E-state index contributed by atoms with van der Waals surface area (Å²) >= 11 is 0. The third-order valence-electron chi connectivity index (χ3n) is 7.52. The molecule has 188 valence electrons. The minimum atomic E-state index is -0.0285. The Morgan fingerprint density at radius 3 is 2.49 bits per heavy atom. The van der Waals surface area contributed by atoms with E-state index >= 15 is 0 Å². The summed E-state index contributed by atoms with van der Waals surface area (Å²) in [4.78, 5) is 32.7. The number of aromatic nitrogens is 2. The molecule has 2 saturated heterocycles. The minimum absolute atomic E-state index is 0.0162. The first kappa shape index (κ1) is 23.9. The van der Waals surface area contributed by atoms with Gasteiger partial charge in [-0.1, -0.05) is 19.1 Å². The summed E-state index contributed by atoms with van der Waals surface area (Å²) in [5, 5.41) is 4.70. The largest absolute Gasteiger partial charge is 0.372 e. The number of ether oxygens (including phenoxy) is 1. The fraction of sp³-hybridized carbons (Fsp3) is 0.593. The fourth-order valence-electron chi connectivity index (χ4n) is 5.72. The number of aryl methyl sites for hydroxylation is 1. The molecule has 0 unspecified atom stereocenters. The van der Waals surface area contributed by atoms with E-state index < -0.39 is 0 Å². The van der Waals surface area contributed by atoms with Gasteiger partial charge in [0.1, 0.15) is 6.54 Å². The highest BCUT2D eigenvalue weighted by Gasteiger charge is 2.33. The summed E-state index contributed by atoms with van der Waals surface area (Å²) in [6.45, 7) is 10.6. The number of amides is 2. The number of hydrogen-bond donors (Lipinski definition) is 0. The van der Waals surface area contributed by atoms with Crippen LogP contribution in [-0.2, 0) is 35.3 Å². The third-order valence-corrected chi connectivity index (χ3v) is 7.52. The molecule has 5 rings (SSSR count). The Bertz CT molecular complexity index is 1080. The van der Waals surface area contributed by atoms with Crippen LogP contribution >= 0.6 is 0 Å². The van der Waals surface area contributed by atoms with Gasteiger partial charge in [0.2, 0.25) is 5.91 Å². The molecule has 2 amide bonds. The van der Waals surface area contributed by atoms with E-state index in [2.05, 4.69) is 36.1 Å². The van der Waals surface area contributed by atoms with Crippen LogP contribution in [-0.4, -0.2) is 82.9 Å². The maximum Gasteiger partial charge on any atom is 0.274 e. The first-order valence-electron chi connectivity index (χ1n) is 13.1. The quantitative estimate of drug-likeness (QED) is 0.659. The van der Waals surface area contributed by atoms with E-state index in [0.29, 0.717) is 31.9 Å². The Balaban J connectivity index is 1.24. The Morgan fingerprint density at radius 1 is 1.03 bits per heavy atom. The zero-order valence-corrected chi connectivity index (χ0v) is 21.2. The number of fused-ring (bicyclic) bond motifs is 1. The number of benzene rings is 1. The van der Waals surface area contributed by atoms with Crippen LogP contribution in [0.15, 0.2) is 24.3 Å². The molecule has 2 atom stereocenters. The standard InChI is InChI=1S/C27H37N5O3/c1-4-21-7-5-8-22(15-21)29-11-13-30(14-12-29)25(33)18-32-24-10-6-9-23(24)26(28-32)27(34)31-16-19(2)35-20(3)17-31/h5,7-8,15,19-20H,4,6,9-14,16-18H2,1-3H3/t19-,20+. The summed E-state index contributed by atoms with van der Waals surface area (Å²) in [6.07, 6.45) is 3.79. The average molecular weight is 480 g/mol. The molecule has 2 aromatic rings. The van der Waals surface area contributed by atoms with E-state index in [0.717, 1.165) is 50.0 Å². The molecule has 1 aromatic heterocycles. The van der Waals surface area contributed by atoms with Crippen molar-refractivity contribution in [3.8, 4) is 0 Å². The lowest BCUT2D eigenvalue weighted by atomic mass is 10.1. The molecule has 1 aromatic carbocycles. The first-order valence-corrected chi connectivity index (χ1v) is 13.1. The number of piperazine rings is 1. The van der Waals surface area contributed by atoms with Crippen LogP contribution in [0.5, 0.6) is 0 Å². The molecule has 0 N–H and O–H groups in total. The number of rotatable bonds is 5. The predicted molar refractivity (Wildman–Crippen MR) is 135 cm³/mol. The Labute approximate surface area is 207 Å². The monoisotopic (exact) mass is 479 g/mol. The van der Waals surface area contributed by atoms with Gasteiger partial charge in [0.15, 0.2) is 5.69 Å². The van der Waals surface area contributed by atoms with Crippen molar-refractivity contribution in [2.24, 2.45) is 0 Å². The summed E-state index contributed by atoms with van der Waals surface area (Å²) < 4.78 is 7.60. The minimum Gasteiger partial charge on any atom is -0.372 e. The number of carbonyl (C=O) groups excluding carboxylic acids is 2. The van der Waals surface area contributed by atoms with Crippen LogP contribution in [0.1, 0.15) is 54.5 Å². The number of anilines is 1. The zero-order valence-electron chi connectivity index (χ0n) is 21.2. The van der Waals surface area contributed by atoms with Crippen LogP contribution in [0, 0.1) is 0 Å². The fourth-order valence-corrected chi connectivity index (χ4v) is 5.72. The van der Waals surface area contributed by atoms with Gasteiger partial charge in [-0.15, -0.1) is 0 Å². The number of morpholine rings is 1. The predicted octanol–water partition coefficient (Wildman–Crippen LogP) is 2.53. The molecule has 3 heterocycles. The van der Waals surface area contributed by atoms with Crippen molar-refractivity contribution in [1.82, 2.24) is 19.6 Å². The number of hydrogen-bond acceptors (Lipinski definition) is 5. The molecule has 3 aliphatic rings. The topological polar surface area (TPSA) is 70.9 Å². The van der Waals surface area contributed by atoms with E-state index in [4.69, 9.17) is 9.84 Å². The van der Waals surface area contributed by atoms with Gasteiger partial charge < -0.3 is 19.4 Å². The van der Waals surface area contributed by atoms with Gasteiger partial charge in [-0.2, -0.15) is 5.10 Å². The molecule has 1 aliphatic carbocycles. The van der Waals surface area contributed by atoms with Crippen molar-refractivity contribution in [3.05, 3.63) is 46.8 Å². The molecule has 0 radical (unpaired) electrons. The normalized spacial score (nSPS) is 22.4. The van der Waals surface area contributed by atoms with Crippen LogP contribution in [0.4, 0.5) is 5.69 Å². The SMILES string of the molecule is CCc1cccc(N2CCN(C(=O)Cn3nc(C(=O)N4C[C@@H](C)O[C@@H](C)C4)c4c3CCC4)CC2)c1. The Kier molecular flexibility index (Phi) is 6.82. The lowest BCUT2D eigenvalue weighted by Crippen LogP contribution is -2.49. The highest BCUT2D eigenvalue weighted by Crippen LogP contribution is 2.27. The summed E-state index contributed by atoms with van der Waals surface area (Å²) in [5.41, 5.74) is 5.20. The van der Waals surface area contributed by atoms with Gasteiger partial charge in [0.05, 0.1) is 12.2 Å². The maximum absolute atomic E-state index is 13.4. The molecule has 2 fully saturated rings. The van der Waals surface area contributed by atoms with Crippen molar-refractivity contribution in [2.45, 2.75) is 65.2 Å². The molecular weight excluding hydrogens is 442 g/mol. The smallest absolute Gasteiger partial charge is 0.274 e. The molecule has 0 saturated carbocycles. The van der Waals surface area contributed by atoms with Crippen molar-refractivity contribution < 1.29 is 14.3 Å². The maximum atomic E-state index is 13.4. The van der Waals surface area contributed by atoms with Crippen molar-refractivity contribution in [3.63, 3.8) is 0 Å². The lowest BCUT2D eigenvalue weighted by molar-refractivity contribution is -0.132. The van der Waals surface area contributed by atoms with E-state index in [9.17, 15) is 9.59 Å². The van der Waals surface area contributed by atoms with E-state index in [1.807, 2.05) is 28.3 Å². The Hall–Kier alpha value is -2.87. The molecule has 8 heteroatoms. The average Bonchev–Trinajstić information content (AvgIpc) is 3.47. The first-order chi connectivity index (χ1) is 16.9. The second kappa shape index (κ2) is 10.0. The van der Waals surface area contributed by atoms with E-state index in [-0.39, 0.29) is 30.6 Å². The van der Waals surface area contributed by atoms with Gasteiger partial charge in [0.25, 0.3) is 5.91 Å². The Morgan fingerprint density at radius 2 is 1.77 bits per heavy atom. The summed E-state index contributed by atoms with van der Waals surface area (Å²) in [6, 6.07) is 8.67. The van der Waals surface area contributed by atoms with Gasteiger partial charge in [0, 0.05) is 56.2 Å². The van der Waals surface area contributed by atoms with Crippen LogP contribution in [0.25, 0.3) is 0 Å². The van der Waals surface area contributed by atoms with Crippen LogP contribution < -0.4 is 4.90 Å². The molecule has 2 aliphatic heterocycles. The molecule has 0 spiro atoms. The summed E-state index contributed by atoms with van der Waals surface area (Å²) in [7, 11) is 0. The second-order valence-corrected chi connectivity index (χ2v) is 10.1. The van der Waals surface area contributed by atoms with Crippen molar-refractivity contribution >= 4 is 17.5 Å². The molecular formula is C27H37N5O3. The van der Waals surface area contributed by atoms with Gasteiger partial charge in [-0.05, 0) is 57.2 Å². The second-order valence-electron chi connectivity index (χ2n) is 10.1. The zero-order chi connectivity index (χ0) is 24.5. The number of nitrogens with zero attached hydrogens (tertiary/aromatic N) is 5. The molecule has 35 heavy (non-hydrogen) atoms. The van der Waals surface area contributed by atoms with E-state index in [1.54, 1.807) is 0 Å². The van der Waals surface area contributed by atoms with Crippen LogP contribution in [0.2, 0.25) is 0 Å². The van der Waals surface area contributed by atoms with Crippen molar-refractivity contribution in [1.29, 1.82) is 0 Å². The number of carbonyl (C=O) groups is 2. The molecule has 0 bridgehead atoms. The van der Waals surface area contributed by atoms with Crippen molar-refractivity contribution in [2.75, 3.05) is 44.2 Å². The van der Waals surface area contributed by atoms with Gasteiger partial charge in [-0.25, -0.2) is 0 Å². The van der Waals surface area contributed by atoms with Gasteiger partial charge in [-0.3, -0.25) is 14.3 Å². The highest BCUT2D eigenvalue weighted by molar-refractivity contribution is 5.94.